The van der Waals surface area contributed by atoms with Crippen molar-refractivity contribution in [3.8, 4) is 5.75 Å². The van der Waals surface area contributed by atoms with Crippen molar-refractivity contribution in [3.63, 3.8) is 0 Å². The summed E-state index contributed by atoms with van der Waals surface area (Å²) in [7, 11) is 0. The smallest absolute Gasteiger partial charge is 0.228 e. The minimum absolute atomic E-state index is 0.126. The van der Waals surface area contributed by atoms with Gasteiger partial charge >= 0.3 is 0 Å². The van der Waals surface area contributed by atoms with E-state index in [-0.39, 0.29) is 23.5 Å². The van der Waals surface area contributed by atoms with Gasteiger partial charge in [-0.15, -0.1) is 11.6 Å². The van der Waals surface area contributed by atoms with E-state index in [4.69, 9.17) is 16.7 Å². The highest BCUT2D eigenvalue weighted by Gasteiger charge is 2.11. The van der Waals surface area contributed by atoms with Crippen LogP contribution in [0.25, 0.3) is 0 Å². The van der Waals surface area contributed by atoms with Crippen LogP contribution in [0.4, 0.5) is 5.69 Å². The molecule has 0 aliphatic heterocycles. The van der Waals surface area contributed by atoms with Crippen LogP contribution >= 0.6 is 11.6 Å². The van der Waals surface area contributed by atoms with E-state index in [1.165, 1.54) is 6.07 Å². The SMILES string of the molecule is CC(CCl)C(=O)Nc1cccc(O)c1. The Hall–Kier alpha value is -1.22. The summed E-state index contributed by atoms with van der Waals surface area (Å²) in [5.74, 6) is 0.0240. The third-order valence-corrected chi connectivity index (χ3v) is 2.26. The number of aromatic hydroxyl groups is 1. The summed E-state index contributed by atoms with van der Waals surface area (Å²) in [4.78, 5) is 11.4. The van der Waals surface area contributed by atoms with Gasteiger partial charge in [-0.25, -0.2) is 0 Å². The fourth-order valence-electron chi connectivity index (χ4n) is 0.919. The van der Waals surface area contributed by atoms with Gasteiger partial charge in [-0.1, -0.05) is 13.0 Å². The average molecular weight is 214 g/mol. The predicted molar refractivity (Wildman–Crippen MR) is 56.6 cm³/mol. The Morgan fingerprint density at radius 1 is 1.64 bits per heavy atom. The lowest BCUT2D eigenvalue weighted by Gasteiger charge is -2.08. The lowest BCUT2D eigenvalue weighted by Crippen LogP contribution is -2.21. The number of hydrogen-bond acceptors (Lipinski definition) is 2. The summed E-state index contributed by atoms with van der Waals surface area (Å²) in [6, 6.07) is 6.40. The molecule has 3 nitrogen and oxygen atoms in total. The monoisotopic (exact) mass is 213 g/mol. The summed E-state index contributed by atoms with van der Waals surface area (Å²) in [5, 5.41) is 11.8. The third kappa shape index (κ3) is 2.92. The van der Waals surface area contributed by atoms with E-state index < -0.39 is 0 Å². The first kappa shape index (κ1) is 10.9. The number of nitrogens with one attached hydrogen (secondary N) is 1. The largest absolute Gasteiger partial charge is 0.508 e. The Morgan fingerprint density at radius 3 is 2.93 bits per heavy atom. The van der Waals surface area contributed by atoms with Crippen LogP contribution in [-0.2, 0) is 4.79 Å². The van der Waals surface area contributed by atoms with Crippen molar-refractivity contribution in [2.75, 3.05) is 11.2 Å². The molecule has 1 unspecified atom stereocenters. The lowest BCUT2D eigenvalue weighted by atomic mass is 10.2. The minimum atomic E-state index is -0.237. The van der Waals surface area contributed by atoms with E-state index in [0.29, 0.717) is 5.69 Å². The molecule has 4 heteroatoms. The van der Waals surface area contributed by atoms with Gasteiger partial charge in [0.25, 0.3) is 0 Å². The molecule has 0 bridgehead atoms. The highest BCUT2D eigenvalue weighted by Crippen LogP contribution is 2.16. The van der Waals surface area contributed by atoms with Crippen LogP contribution in [0.2, 0.25) is 0 Å². The fraction of sp³-hybridized carbons (Fsp3) is 0.300. The second kappa shape index (κ2) is 4.86. The molecule has 0 saturated heterocycles. The maximum atomic E-state index is 11.4. The van der Waals surface area contributed by atoms with Crippen LogP contribution in [0.3, 0.4) is 0 Å². The number of hydrogen-bond donors (Lipinski definition) is 2. The van der Waals surface area contributed by atoms with E-state index in [2.05, 4.69) is 5.32 Å². The van der Waals surface area contributed by atoms with E-state index in [0.717, 1.165) is 0 Å². The second-order valence-corrected chi connectivity index (χ2v) is 3.40. The molecular formula is C10H12ClNO2. The summed E-state index contributed by atoms with van der Waals surface area (Å²) in [6.45, 7) is 1.74. The van der Waals surface area contributed by atoms with Gasteiger partial charge in [-0.3, -0.25) is 4.79 Å². The molecule has 0 spiro atoms. The first-order chi connectivity index (χ1) is 6.63. The van der Waals surface area contributed by atoms with Crippen LogP contribution < -0.4 is 5.32 Å². The topological polar surface area (TPSA) is 49.3 Å². The van der Waals surface area contributed by atoms with Gasteiger partial charge in [0, 0.05) is 23.6 Å². The Labute approximate surface area is 87.7 Å². The molecule has 2 N–H and O–H groups in total. The Kier molecular flexibility index (Phi) is 3.77. The molecule has 0 saturated carbocycles. The zero-order chi connectivity index (χ0) is 10.6. The zero-order valence-electron chi connectivity index (χ0n) is 7.83. The quantitative estimate of drug-likeness (QED) is 0.757. The van der Waals surface area contributed by atoms with Gasteiger partial charge < -0.3 is 10.4 Å². The van der Waals surface area contributed by atoms with Crippen molar-refractivity contribution in [2.24, 2.45) is 5.92 Å². The number of phenolic OH excluding ortho intramolecular Hbond substituents is 1. The van der Waals surface area contributed by atoms with E-state index >= 15 is 0 Å². The van der Waals surface area contributed by atoms with Crippen molar-refractivity contribution < 1.29 is 9.90 Å². The van der Waals surface area contributed by atoms with Gasteiger partial charge in [-0.2, -0.15) is 0 Å². The van der Waals surface area contributed by atoms with E-state index in [1.807, 2.05) is 0 Å². The van der Waals surface area contributed by atoms with Gasteiger partial charge in [0.2, 0.25) is 5.91 Å². The molecule has 0 aromatic heterocycles. The van der Waals surface area contributed by atoms with Gasteiger partial charge in [0.05, 0.1) is 0 Å². The highest BCUT2D eigenvalue weighted by atomic mass is 35.5. The number of benzene rings is 1. The van der Waals surface area contributed by atoms with Gasteiger partial charge in [0.15, 0.2) is 0 Å². The molecule has 1 atom stereocenters. The van der Waals surface area contributed by atoms with Crippen molar-refractivity contribution in [1.29, 1.82) is 0 Å². The molecule has 14 heavy (non-hydrogen) atoms. The Morgan fingerprint density at radius 2 is 2.36 bits per heavy atom. The zero-order valence-corrected chi connectivity index (χ0v) is 8.58. The molecule has 0 aliphatic carbocycles. The lowest BCUT2D eigenvalue weighted by molar-refractivity contribution is -0.118. The maximum Gasteiger partial charge on any atom is 0.228 e. The molecule has 76 valence electrons. The van der Waals surface area contributed by atoms with Crippen LogP contribution in [0, 0.1) is 5.92 Å². The number of halogens is 1. The fourth-order valence-corrected chi connectivity index (χ4v) is 1.06. The standard InChI is InChI=1S/C10H12ClNO2/c1-7(6-11)10(14)12-8-3-2-4-9(13)5-8/h2-5,7,13H,6H2,1H3,(H,12,14). The number of amides is 1. The summed E-state index contributed by atoms with van der Waals surface area (Å²) < 4.78 is 0. The summed E-state index contributed by atoms with van der Waals surface area (Å²) in [5.41, 5.74) is 0.576. The first-order valence-electron chi connectivity index (χ1n) is 4.29. The number of anilines is 1. The molecule has 1 aromatic rings. The molecule has 0 radical (unpaired) electrons. The molecule has 0 fully saturated rings. The summed E-state index contributed by atoms with van der Waals surface area (Å²) in [6.07, 6.45) is 0. The van der Waals surface area contributed by atoms with Crippen LogP contribution in [-0.4, -0.2) is 16.9 Å². The molecule has 1 amide bonds. The van der Waals surface area contributed by atoms with Crippen LogP contribution in [0.15, 0.2) is 24.3 Å². The highest BCUT2D eigenvalue weighted by molar-refractivity contribution is 6.19. The predicted octanol–water partition coefficient (Wildman–Crippen LogP) is 2.21. The van der Waals surface area contributed by atoms with E-state index in [1.54, 1.807) is 25.1 Å². The van der Waals surface area contributed by atoms with Crippen LogP contribution in [0.1, 0.15) is 6.92 Å². The Balaban J connectivity index is 2.65. The van der Waals surface area contributed by atoms with Crippen molar-refractivity contribution >= 4 is 23.2 Å². The van der Waals surface area contributed by atoms with Crippen LogP contribution in [0.5, 0.6) is 5.75 Å². The Bertz CT molecular complexity index is 328. The van der Waals surface area contributed by atoms with Gasteiger partial charge in [-0.05, 0) is 12.1 Å². The summed E-state index contributed by atoms with van der Waals surface area (Å²) >= 11 is 5.53. The molecule has 1 aromatic carbocycles. The molecule has 0 heterocycles. The number of carbonyl (C=O) groups is 1. The average Bonchev–Trinajstić information content (AvgIpc) is 2.16. The molecule has 0 aliphatic rings. The number of phenols is 1. The second-order valence-electron chi connectivity index (χ2n) is 3.09. The van der Waals surface area contributed by atoms with Crippen molar-refractivity contribution in [3.05, 3.63) is 24.3 Å². The molecule has 1 rings (SSSR count). The van der Waals surface area contributed by atoms with Crippen molar-refractivity contribution in [1.82, 2.24) is 0 Å². The number of rotatable bonds is 3. The number of carbonyl (C=O) groups excluding carboxylic acids is 1. The third-order valence-electron chi connectivity index (χ3n) is 1.79. The first-order valence-corrected chi connectivity index (χ1v) is 4.83. The van der Waals surface area contributed by atoms with Gasteiger partial charge in [0.1, 0.15) is 5.75 Å². The van der Waals surface area contributed by atoms with Crippen molar-refractivity contribution in [2.45, 2.75) is 6.92 Å². The number of alkyl halides is 1. The normalized spacial score (nSPS) is 12.1. The molecular weight excluding hydrogens is 202 g/mol. The minimum Gasteiger partial charge on any atom is -0.508 e. The maximum absolute atomic E-state index is 11.4. The van der Waals surface area contributed by atoms with E-state index in [9.17, 15) is 4.79 Å².